The summed E-state index contributed by atoms with van der Waals surface area (Å²) < 4.78 is 18.9. The van der Waals surface area contributed by atoms with Gasteiger partial charge in [-0.1, -0.05) is 0 Å². The summed E-state index contributed by atoms with van der Waals surface area (Å²) in [6.07, 6.45) is 2.70. The van der Waals surface area contributed by atoms with E-state index in [2.05, 4.69) is 31.0 Å². The largest absolute Gasteiger partial charge is 0.494 e. The summed E-state index contributed by atoms with van der Waals surface area (Å²) in [4.78, 5) is 10.8. The molecule has 29 heavy (non-hydrogen) atoms. The van der Waals surface area contributed by atoms with Gasteiger partial charge in [-0.25, -0.2) is 19.4 Å². The topological polar surface area (TPSA) is 94.5 Å². The Hall–Kier alpha value is -2.67. The molecule has 1 aromatic heterocycles. The summed E-state index contributed by atoms with van der Waals surface area (Å²) in [6, 6.07) is 7.26. The van der Waals surface area contributed by atoms with Crippen molar-refractivity contribution in [1.82, 2.24) is 15.0 Å². The van der Waals surface area contributed by atoms with Crippen molar-refractivity contribution < 1.29 is 9.13 Å². The Bertz CT molecular complexity index is 891. The molecule has 1 fully saturated rings. The Balaban J connectivity index is 0.00000240. The third-order valence-corrected chi connectivity index (χ3v) is 5.17. The number of rotatable bonds is 4. The highest BCUT2D eigenvalue weighted by atomic mass is 35.5. The van der Waals surface area contributed by atoms with E-state index in [0.717, 1.165) is 11.4 Å². The first-order valence-electron chi connectivity index (χ1n) is 9.15. The van der Waals surface area contributed by atoms with Gasteiger partial charge in [0.25, 0.3) is 0 Å². The van der Waals surface area contributed by atoms with Crippen molar-refractivity contribution in [2.75, 3.05) is 36.8 Å². The van der Waals surface area contributed by atoms with E-state index in [1.807, 2.05) is 12.1 Å². The maximum absolute atomic E-state index is 13.8. The van der Waals surface area contributed by atoms with Gasteiger partial charge in [-0.2, -0.15) is 5.26 Å². The predicted octanol–water partition coefficient (Wildman–Crippen LogP) is 1.85. The molecule has 4 rings (SSSR count). The lowest BCUT2D eigenvalue weighted by molar-refractivity contribution is 0.119. The van der Waals surface area contributed by atoms with Gasteiger partial charge in [0.15, 0.2) is 5.75 Å². The molecule has 0 aliphatic carbocycles. The highest BCUT2D eigenvalue weighted by Gasteiger charge is 2.35. The standard InChI is InChI=1S/C19H22FN7O.ClH/c1-28-14-8-23-19(24-9-14)11-25-12-27(26-5-4-15(20)16(22)10-26)17-3-2-13(7-21)6-18(17)25;/h2-3,6,8-9,15-16H,4-5,10-12,22H2,1H3;1H/t15-,16-;/m1./s1. The van der Waals surface area contributed by atoms with Crippen molar-refractivity contribution in [3.8, 4) is 11.8 Å². The van der Waals surface area contributed by atoms with Gasteiger partial charge in [-0.15, -0.1) is 12.4 Å². The number of aromatic nitrogens is 2. The van der Waals surface area contributed by atoms with Gasteiger partial charge in [0, 0.05) is 13.1 Å². The second-order valence-corrected chi connectivity index (χ2v) is 6.97. The number of alkyl halides is 1. The number of hydrazine groups is 1. The molecule has 0 spiro atoms. The van der Waals surface area contributed by atoms with Gasteiger partial charge in [-0.05, 0) is 24.6 Å². The van der Waals surface area contributed by atoms with Crippen LogP contribution in [0.25, 0.3) is 0 Å². The average molecular weight is 420 g/mol. The van der Waals surface area contributed by atoms with Gasteiger partial charge in [-0.3, -0.25) is 5.01 Å². The third-order valence-electron chi connectivity index (χ3n) is 5.17. The predicted molar refractivity (Wildman–Crippen MR) is 110 cm³/mol. The minimum atomic E-state index is -0.969. The maximum atomic E-state index is 13.8. The van der Waals surface area contributed by atoms with E-state index in [4.69, 9.17) is 10.5 Å². The maximum Gasteiger partial charge on any atom is 0.155 e. The quantitative estimate of drug-likeness (QED) is 0.802. The number of nitrogens with zero attached hydrogens (tertiary/aromatic N) is 6. The van der Waals surface area contributed by atoms with Crippen LogP contribution in [-0.4, -0.2) is 54.1 Å². The highest BCUT2D eigenvalue weighted by molar-refractivity contribution is 5.85. The molecule has 2 atom stereocenters. The van der Waals surface area contributed by atoms with Gasteiger partial charge in [0.2, 0.25) is 0 Å². The van der Waals surface area contributed by atoms with Crippen LogP contribution in [0.5, 0.6) is 5.75 Å². The number of methoxy groups -OCH3 is 1. The monoisotopic (exact) mass is 419 g/mol. The van der Waals surface area contributed by atoms with E-state index in [0.29, 0.717) is 49.9 Å². The summed E-state index contributed by atoms with van der Waals surface area (Å²) in [7, 11) is 1.57. The minimum Gasteiger partial charge on any atom is -0.494 e. The van der Waals surface area contributed by atoms with Gasteiger partial charge < -0.3 is 15.4 Å². The molecule has 0 bridgehead atoms. The number of fused-ring (bicyclic) bond motifs is 1. The number of hydrogen-bond acceptors (Lipinski definition) is 8. The third kappa shape index (κ3) is 4.19. The molecule has 0 saturated carbocycles. The van der Waals surface area contributed by atoms with Crippen LogP contribution >= 0.6 is 12.4 Å². The van der Waals surface area contributed by atoms with E-state index in [9.17, 15) is 9.65 Å². The van der Waals surface area contributed by atoms with Crippen LogP contribution in [0.3, 0.4) is 0 Å². The zero-order valence-electron chi connectivity index (χ0n) is 16.0. The van der Waals surface area contributed by atoms with Crippen LogP contribution < -0.4 is 20.4 Å². The van der Waals surface area contributed by atoms with Crippen LogP contribution in [0.1, 0.15) is 17.8 Å². The first kappa shape index (κ1) is 21.0. The van der Waals surface area contributed by atoms with Crippen molar-refractivity contribution in [3.63, 3.8) is 0 Å². The zero-order valence-corrected chi connectivity index (χ0v) is 16.8. The zero-order chi connectivity index (χ0) is 19.7. The lowest BCUT2D eigenvalue weighted by Crippen LogP contribution is -2.56. The first-order chi connectivity index (χ1) is 13.6. The number of piperidine rings is 1. The fourth-order valence-corrected chi connectivity index (χ4v) is 3.61. The number of benzene rings is 1. The van der Waals surface area contributed by atoms with Crippen LogP contribution in [0.4, 0.5) is 15.8 Å². The van der Waals surface area contributed by atoms with Gasteiger partial charge >= 0.3 is 0 Å². The molecule has 2 aliphatic heterocycles. The molecule has 0 radical (unpaired) electrons. The van der Waals surface area contributed by atoms with Crippen LogP contribution in [0.15, 0.2) is 30.6 Å². The van der Waals surface area contributed by atoms with E-state index in [1.54, 1.807) is 25.6 Å². The van der Waals surface area contributed by atoms with Crippen molar-refractivity contribution in [2.24, 2.45) is 5.73 Å². The fraction of sp³-hybridized carbons (Fsp3) is 0.421. The van der Waals surface area contributed by atoms with Crippen molar-refractivity contribution in [3.05, 3.63) is 42.0 Å². The Morgan fingerprint density at radius 2 is 2.07 bits per heavy atom. The molecule has 1 saturated heterocycles. The number of ether oxygens (including phenoxy) is 1. The summed E-state index contributed by atoms with van der Waals surface area (Å²) in [5.74, 6) is 1.25. The van der Waals surface area contributed by atoms with Crippen LogP contribution in [0, 0.1) is 11.3 Å². The molecule has 1 aromatic carbocycles. The summed E-state index contributed by atoms with van der Waals surface area (Å²) in [6.45, 7) is 2.09. The number of halogens is 2. The molecule has 0 amide bonds. The molecule has 10 heteroatoms. The highest BCUT2D eigenvalue weighted by Crippen LogP contribution is 2.39. The lowest BCUT2D eigenvalue weighted by Gasteiger charge is -2.39. The van der Waals surface area contributed by atoms with Crippen molar-refractivity contribution in [1.29, 1.82) is 5.26 Å². The molecule has 0 unspecified atom stereocenters. The summed E-state index contributed by atoms with van der Waals surface area (Å²) >= 11 is 0. The number of hydrogen-bond donors (Lipinski definition) is 1. The molecular weight excluding hydrogens is 397 g/mol. The normalized spacial score (nSPS) is 21.3. The van der Waals surface area contributed by atoms with E-state index < -0.39 is 12.2 Å². The van der Waals surface area contributed by atoms with Crippen molar-refractivity contribution >= 4 is 23.8 Å². The van der Waals surface area contributed by atoms with E-state index >= 15 is 0 Å². The minimum absolute atomic E-state index is 0. The summed E-state index contributed by atoms with van der Waals surface area (Å²) in [5, 5.41) is 13.5. The number of nitrogens with two attached hydrogens (primary N) is 1. The molecule has 8 nitrogen and oxygen atoms in total. The fourth-order valence-electron chi connectivity index (χ4n) is 3.61. The molecule has 2 N–H and O–H groups in total. The molecule has 3 heterocycles. The van der Waals surface area contributed by atoms with Gasteiger partial charge in [0.05, 0.1) is 55.1 Å². The molecule has 154 valence electrons. The van der Waals surface area contributed by atoms with E-state index in [-0.39, 0.29) is 12.4 Å². The second-order valence-electron chi connectivity index (χ2n) is 6.97. The van der Waals surface area contributed by atoms with Crippen molar-refractivity contribution in [2.45, 2.75) is 25.2 Å². The van der Waals surface area contributed by atoms with E-state index in [1.165, 1.54) is 0 Å². The second kappa shape index (κ2) is 8.78. The number of nitriles is 1. The Morgan fingerprint density at radius 1 is 1.31 bits per heavy atom. The average Bonchev–Trinajstić information content (AvgIpc) is 3.08. The Kier molecular flexibility index (Phi) is 6.37. The summed E-state index contributed by atoms with van der Waals surface area (Å²) in [5.41, 5.74) is 8.43. The Labute approximate surface area is 175 Å². The molecule has 2 aromatic rings. The lowest BCUT2D eigenvalue weighted by atomic mass is 10.1. The van der Waals surface area contributed by atoms with Crippen LogP contribution in [0.2, 0.25) is 0 Å². The Morgan fingerprint density at radius 3 is 2.72 bits per heavy atom. The first-order valence-corrected chi connectivity index (χ1v) is 9.15. The molecular formula is C19H23ClFN7O. The van der Waals surface area contributed by atoms with Crippen LogP contribution in [-0.2, 0) is 6.54 Å². The molecule has 2 aliphatic rings. The number of anilines is 2. The smallest absolute Gasteiger partial charge is 0.155 e. The van der Waals surface area contributed by atoms with Gasteiger partial charge in [0.1, 0.15) is 18.7 Å². The SMILES string of the molecule is COc1cnc(CN2CN(N3CC[C@@H](F)[C@H](N)C3)c3ccc(C#N)cc32)nc1.Cl.